The first-order valence-electron chi connectivity index (χ1n) is 13.1. The number of ketones is 1. The second-order valence-corrected chi connectivity index (χ2v) is 9.77. The minimum atomic E-state index is -0.325. The van der Waals surface area contributed by atoms with Crippen molar-refractivity contribution in [3.63, 3.8) is 0 Å². The molecule has 6 nitrogen and oxygen atoms in total. The summed E-state index contributed by atoms with van der Waals surface area (Å²) < 4.78 is 17.1. The Morgan fingerprint density at radius 1 is 0.692 bits per heavy atom. The third kappa shape index (κ3) is 4.93. The molecular formula is C33H30N2O4. The van der Waals surface area contributed by atoms with Crippen molar-refractivity contribution in [2.75, 3.05) is 24.9 Å². The summed E-state index contributed by atoms with van der Waals surface area (Å²) in [5.74, 6) is 2.95. The highest BCUT2D eigenvalue weighted by Crippen LogP contribution is 2.45. The maximum Gasteiger partial charge on any atom is 0.163 e. The molecule has 4 aromatic rings. The van der Waals surface area contributed by atoms with Gasteiger partial charge in [0.05, 0.1) is 31.6 Å². The number of hydrogen-bond acceptors (Lipinski definition) is 6. The maximum atomic E-state index is 13.9. The van der Waals surface area contributed by atoms with E-state index in [9.17, 15) is 4.79 Å². The lowest BCUT2D eigenvalue weighted by molar-refractivity contribution is -0.116. The number of benzene rings is 4. The Kier molecular flexibility index (Phi) is 6.68. The topological polar surface area (TPSA) is 68.8 Å². The van der Waals surface area contributed by atoms with Gasteiger partial charge in [-0.1, -0.05) is 48.5 Å². The molecule has 1 aliphatic carbocycles. The van der Waals surface area contributed by atoms with Gasteiger partial charge in [-0.3, -0.25) is 4.79 Å². The molecule has 2 aliphatic rings. The number of fused-ring (bicyclic) bond motifs is 1. The van der Waals surface area contributed by atoms with Crippen molar-refractivity contribution in [3.05, 3.63) is 119 Å². The molecule has 39 heavy (non-hydrogen) atoms. The van der Waals surface area contributed by atoms with Gasteiger partial charge in [0, 0.05) is 17.7 Å². The van der Waals surface area contributed by atoms with E-state index >= 15 is 0 Å². The Balaban J connectivity index is 1.39. The number of hydrogen-bond donors (Lipinski definition) is 2. The van der Waals surface area contributed by atoms with Crippen LogP contribution in [0.25, 0.3) is 0 Å². The highest BCUT2D eigenvalue weighted by molar-refractivity contribution is 6.01. The van der Waals surface area contributed by atoms with Crippen LogP contribution in [0.3, 0.4) is 0 Å². The van der Waals surface area contributed by atoms with Gasteiger partial charge < -0.3 is 24.8 Å². The Morgan fingerprint density at radius 3 is 2.23 bits per heavy atom. The Labute approximate surface area is 228 Å². The SMILES string of the molecule is COc1ccc(C2CC(=O)C3=C(C2)Nc2ccccc2NC3c2cccc(Oc3ccccc3)c2)cc1OC. The van der Waals surface area contributed by atoms with E-state index in [1.165, 1.54) is 0 Å². The van der Waals surface area contributed by atoms with Crippen molar-refractivity contribution in [3.8, 4) is 23.0 Å². The molecule has 0 saturated heterocycles. The molecule has 0 spiro atoms. The van der Waals surface area contributed by atoms with Crippen LogP contribution >= 0.6 is 0 Å². The Bertz CT molecular complexity index is 1550. The van der Waals surface area contributed by atoms with Crippen LogP contribution in [0.15, 0.2) is 108 Å². The standard InChI is InChI=1S/C33H30N2O4/c1-37-30-16-15-21(20-31(30)38-2)23-18-28-32(29(36)19-23)33(35-27-14-7-6-13-26(27)34-28)22-9-8-12-25(17-22)39-24-10-4-3-5-11-24/h3-17,20,23,33-35H,18-19H2,1-2H3. The predicted molar refractivity (Wildman–Crippen MR) is 153 cm³/mol. The Hall–Kier alpha value is -4.71. The van der Waals surface area contributed by atoms with Gasteiger partial charge in [-0.25, -0.2) is 0 Å². The summed E-state index contributed by atoms with van der Waals surface area (Å²) in [7, 11) is 3.25. The fourth-order valence-electron chi connectivity index (χ4n) is 5.47. The lowest BCUT2D eigenvalue weighted by atomic mass is 9.78. The summed E-state index contributed by atoms with van der Waals surface area (Å²) in [5.41, 5.74) is 5.61. The monoisotopic (exact) mass is 518 g/mol. The maximum absolute atomic E-state index is 13.9. The number of nitrogens with one attached hydrogen (secondary N) is 2. The number of carbonyl (C=O) groups excluding carboxylic acids is 1. The zero-order chi connectivity index (χ0) is 26.8. The molecule has 0 amide bonds. The van der Waals surface area contributed by atoms with Crippen molar-refractivity contribution in [1.82, 2.24) is 0 Å². The molecule has 2 N–H and O–H groups in total. The smallest absolute Gasteiger partial charge is 0.163 e. The van der Waals surface area contributed by atoms with Gasteiger partial charge >= 0.3 is 0 Å². The molecule has 0 bridgehead atoms. The third-order valence-corrected chi connectivity index (χ3v) is 7.36. The number of Topliss-reactive ketones (excluding diaryl/α,β-unsaturated/α-hetero) is 1. The predicted octanol–water partition coefficient (Wildman–Crippen LogP) is 7.48. The molecule has 0 saturated carbocycles. The number of ether oxygens (including phenoxy) is 3. The molecule has 6 rings (SSSR count). The zero-order valence-electron chi connectivity index (χ0n) is 21.9. The van der Waals surface area contributed by atoms with E-state index in [0.717, 1.165) is 45.3 Å². The van der Waals surface area contributed by atoms with E-state index in [2.05, 4.69) is 10.6 Å². The molecule has 2 unspecified atom stereocenters. The van der Waals surface area contributed by atoms with Crippen LogP contribution in [0.5, 0.6) is 23.0 Å². The van der Waals surface area contributed by atoms with Crippen LogP contribution in [0, 0.1) is 0 Å². The van der Waals surface area contributed by atoms with Crippen molar-refractivity contribution in [1.29, 1.82) is 0 Å². The summed E-state index contributed by atoms with van der Waals surface area (Å²) >= 11 is 0. The summed E-state index contributed by atoms with van der Waals surface area (Å²) in [4.78, 5) is 13.9. The molecular weight excluding hydrogens is 488 g/mol. The van der Waals surface area contributed by atoms with Gasteiger partial charge in [-0.2, -0.15) is 0 Å². The van der Waals surface area contributed by atoms with Crippen molar-refractivity contribution in [2.24, 2.45) is 0 Å². The molecule has 4 aromatic carbocycles. The summed E-state index contributed by atoms with van der Waals surface area (Å²) in [6, 6.07) is 31.3. The van der Waals surface area contributed by atoms with E-state index in [-0.39, 0.29) is 17.7 Å². The molecule has 196 valence electrons. The second-order valence-electron chi connectivity index (χ2n) is 9.77. The summed E-state index contributed by atoms with van der Waals surface area (Å²) in [6.07, 6.45) is 1.11. The first-order chi connectivity index (χ1) is 19.1. The van der Waals surface area contributed by atoms with Crippen molar-refractivity contribution < 1.29 is 19.0 Å². The van der Waals surface area contributed by atoms with Crippen LogP contribution in [-0.2, 0) is 4.79 Å². The highest BCUT2D eigenvalue weighted by Gasteiger charge is 2.36. The third-order valence-electron chi connectivity index (χ3n) is 7.36. The molecule has 0 radical (unpaired) electrons. The minimum Gasteiger partial charge on any atom is -0.493 e. The first kappa shape index (κ1) is 24.6. The number of methoxy groups -OCH3 is 2. The van der Waals surface area contributed by atoms with Crippen molar-refractivity contribution in [2.45, 2.75) is 24.8 Å². The van der Waals surface area contributed by atoms with Crippen molar-refractivity contribution >= 4 is 17.2 Å². The number of carbonyl (C=O) groups is 1. The number of anilines is 2. The number of rotatable bonds is 6. The second kappa shape index (κ2) is 10.6. The number of allylic oxidation sites excluding steroid dienone is 1. The van der Waals surface area contributed by atoms with Crippen LogP contribution in [0.1, 0.15) is 35.9 Å². The summed E-state index contributed by atoms with van der Waals surface area (Å²) in [5, 5.41) is 7.26. The fourth-order valence-corrected chi connectivity index (χ4v) is 5.47. The molecule has 1 heterocycles. The van der Waals surface area contributed by atoms with Gasteiger partial charge in [-0.15, -0.1) is 0 Å². The van der Waals surface area contributed by atoms with Gasteiger partial charge in [0.25, 0.3) is 0 Å². The van der Waals surface area contributed by atoms with E-state index in [0.29, 0.717) is 24.3 Å². The van der Waals surface area contributed by atoms with Crippen LogP contribution in [0.4, 0.5) is 11.4 Å². The summed E-state index contributed by atoms with van der Waals surface area (Å²) in [6.45, 7) is 0. The van der Waals surface area contributed by atoms with E-state index < -0.39 is 0 Å². The zero-order valence-corrected chi connectivity index (χ0v) is 21.9. The fraction of sp³-hybridized carbons (Fsp3) is 0.182. The average Bonchev–Trinajstić information content (AvgIpc) is 3.14. The first-order valence-corrected chi connectivity index (χ1v) is 13.1. The number of para-hydroxylation sites is 3. The van der Waals surface area contributed by atoms with Crippen LogP contribution < -0.4 is 24.8 Å². The molecule has 1 aliphatic heterocycles. The minimum absolute atomic E-state index is 0.0159. The molecule has 0 fully saturated rings. The normalized spacial score (nSPS) is 18.2. The quantitative estimate of drug-likeness (QED) is 0.276. The van der Waals surface area contributed by atoms with Gasteiger partial charge in [0.15, 0.2) is 17.3 Å². The Morgan fingerprint density at radius 2 is 1.44 bits per heavy atom. The molecule has 0 aromatic heterocycles. The van der Waals surface area contributed by atoms with Gasteiger partial charge in [0.1, 0.15) is 11.5 Å². The largest absolute Gasteiger partial charge is 0.493 e. The lowest BCUT2D eigenvalue weighted by Crippen LogP contribution is -2.26. The van der Waals surface area contributed by atoms with Gasteiger partial charge in [-0.05, 0) is 72.0 Å². The average molecular weight is 519 g/mol. The molecule has 2 atom stereocenters. The molecule has 6 heteroatoms. The van der Waals surface area contributed by atoms with E-state index in [1.807, 2.05) is 97.1 Å². The highest BCUT2D eigenvalue weighted by atomic mass is 16.5. The van der Waals surface area contributed by atoms with E-state index in [4.69, 9.17) is 14.2 Å². The van der Waals surface area contributed by atoms with Crippen LogP contribution in [-0.4, -0.2) is 20.0 Å². The lowest BCUT2D eigenvalue weighted by Gasteiger charge is -2.30. The van der Waals surface area contributed by atoms with Gasteiger partial charge in [0.2, 0.25) is 0 Å². The van der Waals surface area contributed by atoms with Crippen LogP contribution in [0.2, 0.25) is 0 Å². The van der Waals surface area contributed by atoms with E-state index in [1.54, 1.807) is 14.2 Å².